The standard InChI is InChI=1S/C18H23N3O3/c1-23-15-10-8-14(9-11-15)18-19-16(24-20-18)6-5-7-17(22)21-12-3-2-4-13-21/h8-11H,2-7,12-13H2,1H3. The van der Waals surface area contributed by atoms with E-state index in [-0.39, 0.29) is 5.91 Å². The molecule has 1 saturated heterocycles. The SMILES string of the molecule is COc1ccc(-c2noc(CCCC(=O)N3CCCCC3)n2)cc1. The third-order valence-corrected chi connectivity index (χ3v) is 4.31. The van der Waals surface area contributed by atoms with Gasteiger partial charge in [-0.25, -0.2) is 0 Å². The van der Waals surface area contributed by atoms with Gasteiger partial charge in [0.05, 0.1) is 7.11 Å². The van der Waals surface area contributed by atoms with Crippen LogP contribution in [-0.2, 0) is 11.2 Å². The number of aryl methyl sites for hydroxylation is 1. The molecule has 2 heterocycles. The Morgan fingerprint density at radius 1 is 1.21 bits per heavy atom. The lowest BCUT2D eigenvalue weighted by Gasteiger charge is -2.26. The minimum absolute atomic E-state index is 0.240. The molecular formula is C18H23N3O3. The largest absolute Gasteiger partial charge is 0.497 e. The highest BCUT2D eigenvalue weighted by molar-refractivity contribution is 5.76. The van der Waals surface area contributed by atoms with Crippen LogP contribution in [0.5, 0.6) is 5.75 Å². The lowest BCUT2D eigenvalue weighted by atomic mass is 10.1. The van der Waals surface area contributed by atoms with E-state index in [9.17, 15) is 4.79 Å². The summed E-state index contributed by atoms with van der Waals surface area (Å²) < 4.78 is 10.4. The second-order valence-electron chi connectivity index (χ2n) is 6.04. The highest BCUT2D eigenvalue weighted by atomic mass is 16.5. The molecule has 0 saturated carbocycles. The van der Waals surface area contributed by atoms with Crippen molar-refractivity contribution in [3.63, 3.8) is 0 Å². The van der Waals surface area contributed by atoms with Crippen LogP contribution in [-0.4, -0.2) is 41.1 Å². The summed E-state index contributed by atoms with van der Waals surface area (Å²) in [4.78, 5) is 18.5. The predicted molar refractivity (Wildman–Crippen MR) is 89.7 cm³/mol. The van der Waals surface area contributed by atoms with E-state index in [1.54, 1.807) is 7.11 Å². The van der Waals surface area contributed by atoms with E-state index >= 15 is 0 Å². The highest BCUT2D eigenvalue weighted by Gasteiger charge is 2.16. The maximum absolute atomic E-state index is 12.1. The summed E-state index contributed by atoms with van der Waals surface area (Å²) in [5, 5.41) is 4.01. The summed E-state index contributed by atoms with van der Waals surface area (Å²) in [6, 6.07) is 7.52. The molecule has 1 fully saturated rings. The molecule has 0 spiro atoms. The zero-order valence-electron chi connectivity index (χ0n) is 14.0. The van der Waals surface area contributed by atoms with Gasteiger partial charge in [0, 0.05) is 31.5 Å². The number of ether oxygens (including phenoxy) is 1. The van der Waals surface area contributed by atoms with Gasteiger partial charge in [0.1, 0.15) is 5.75 Å². The molecule has 0 bridgehead atoms. The third kappa shape index (κ3) is 4.13. The molecule has 0 N–H and O–H groups in total. The van der Waals surface area contributed by atoms with E-state index < -0.39 is 0 Å². The Balaban J connectivity index is 1.49. The molecule has 1 aliphatic heterocycles. The molecule has 1 aliphatic rings. The van der Waals surface area contributed by atoms with E-state index in [1.165, 1.54) is 6.42 Å². The molecule has 0 radical (unpaired) electrons. The highest BCUT2D eigenvalue weighted by Crippen LogP contribution is 2.20. The molecule has 0 aliphatic carbocycles. The fraction of sp³-hybridized carbons (Fsp3) is 0.500. The van der Waals surface area contributed by atoms with Gasteiger partial charge in [-0.05, 0) is 49.9 Å². The van der Waals surface area contributed by atoms with Crippen LogP contribution in [0.15, 0.2) is 28.8 Å². The molecule has 1 aromatic carbocycles. The Morgan fingerprint density at radius 3 is 2.67 bits per heavy atom. The van der Waals surface area contributed by atoms with Crippen LogP contribution in [0.3, 0.4) is 0 Å². The molecular weight excluding hydrogens is 306 g/mol. The van der Waals surface area contributed by atoms with Crippen molar-refractivity contribution >= 4 is 5.91 Å². The summed E-state index contributed by atoms with van der Waals surface area (Å²) >= 11 is 0. The zero-order valence-corrected chi connectivity index (χ0v) is 14.0. The van der Waals surface area contributed by atoms with E-state index in [2.05, 4.69) is 10.1 Å². The number of rotatable bonds is 6. The molecule has 24 heavy (non-hydrogen) atoms. The number of carbonyl (C=O) groups is 1. The minimum Gasteiger partial charge on any atom is -0.497 e. The first kappa shape index (κ1) is 16.5. The minimum atomic E-state index is 0.240. The number of piperidine rings is 1. The van der Waals surface area contributed by atoms with Crippen molar-refractivity contribution in [3.05, 3.63) is 30.2 Å². The quantitative estimate of drug-likeness (QED) is 0.814. The van der Waals surface area contributed by atoms with Crippen LogP contribution < -0.4 is 4.74 Å². The normalized spacial score (nSPS) is 14.6. The number of benzene rings is 1. The van der Waals surface area contributed by atoms with Gasteiger partial charge in [-0.2, -0.15) is 4.98 Å². The summed E-state index contributed by atoms with van der Waals surface area (Å²) in [6.07, 6.45) is 5.39. The third-order valence-electron chi connectivity index (χ3n) is 4.31. The van der Waals surface area contributed by atoms with Gasteiger partial charge >= 0.3 is 0 Å². The van der Waals surface area contributed by atoms with E-state index in [0.29, 0.717) is 24.6 Å². The summed E-state index contributed by atoms with van der Waals surface area (Å²) in [5.41, 5.74) is 0.884. The van der Waals surface area contributed by atoms with E-state index in [1.807, 2.05) is 29.2 Å². The number of amides is 1. The number of likely N-dealkylation sites (tertiary alicyclic amines) is 1. The van der Waals surface area contributed by atoms with Crippen molar-refractivity contribution in [2.45, 2.75) is 38.5 Å². The molecule has 0 unspecified atom stereocenters. The Bertz CT molecular complexity index is 660. The first-order valence-electron chi connectivity index (χ1n) is 8.51. The molecule has 0 atom stereocenters. The molecule has 3 rings (SSSR count). The first-order chi connectivity index (χ1) is 11.8. The average Bonchev–Trinajstić information content (AvgIpc) is 3.11. The average molecular weight is 329 g/mol. The van der Waals surface area contributed by atoms with E-state index in [4.69, 9.17) is 9.26 Å². The predicted octanol–water partition coefficient (Wildman–Crippen LogP) is 3.08. The van der Waals surface area contributed by atoms with Crippen molar-refractivity contribution < 1.29 is 14.1 Å². The number of nitrogens with zero attached hydrogens (tertiary/aromatic N) is 3. The second-order valence-corrected chi connectivity index (χ2v) is 6.04. The summed E-state index contributed by atoms with van der Waals surface area (Å²) in [5.74, 6) is 2.17. The lowest BCUT2D eigenvalue weighted by molar-refractivity contribution is -0.132. The molecule has 6 heteroatoms. The van der Waals surface area contributed by atoms with Crippen molar-refractivity contribution in [2.75, 3.05) is 20.2 Å². The van der Waals surface area contributed by atoms with Crippen LogP contribution in [0.25, 0.3) is 11.4 Å². The molecule has 1 amide bonds. The molecule has 2 aromatic rings. The Kier molecular flexibility index (Phi) is 5.46. The number of carbonyl (C=O) groups excluding carboxylic acids is 1. The maximum Gasteiger partial charge on any atom is 0.226 e. The van der Waals surface area contributed by atoms with Gasteiger partial charge in [-0.15, -0.1) is 0 Å². The lowest BCUT2D eigenvalue weighted by Crippen LogP contribution is -2.35. The van der Waals surface area contributed by atoms with Crippen LogP contribution in [0.4, 0.5) is 0 Å². The number of hydrogen-bond donors (Lipinski definition) is 0. The van der Waals surface area contributed by atoms with Gasteiger partial charge in [0.25, 0.3) is 0 Å². The maximum atomic E-state index is 12.1. The van der Waals surface area contributed by atoms with Gasteiger partial charge in [0.15, 0.2) is 0 Å². The van der Waals surface area contributed by atoms with Crippen LogP contribution in [0, 0.1) is 0 Å². The smallest absolute Gasteiger partial charge is 0.226 e. The van der Waals surface area contributed by atoms with Gasteiger partial charge in [0.2, 0.25) is 17.6 Å². The number of aromatic nitrogens is 2. The Labute approximate surface area is 141 Å². The Hall–Kier alpha value is -2.37. The topological polar surface area (TPSA) is 68.5 Å². The second kappa shape index (κ2) is 7.95. The fourth-order valence-corrected chi connectivity index (χ4v) is 2.91. The van der Waals surface area contributed by atoms with E-state index in [0.717, 1.165) is 43.7 Å². The van der Waals surface area contributed by atoms with Crippen molar-refractivity contribution in [3.8, 4) is 17.1 Å². The Morgan fingerprint density at radius 2 is 1.96 bits per heavy atom. The zero-order chi connectivity index (χ0) is 16.8. The van der Waals surface area contributed by atoms with Crippen molar-refractivity contribution in [2.24, 2.45) is 0 Å². The fourth-order valence-electron chi connectivity index (χ4n) is 2.91. The first-order valence-corrected chi connectivity index (χ1v) is 8.51. The molecule has 1 aromatic heterocycles. The van der Waals surface area contributed by atoms with Crippen LogP contribution in [0.2, 0.25) is 0 Å². The number of methoxy groups -OCH3 is 1. The monoisotopic (exact) mass is 329 g/mol. The van der Waals surface area contributed by atoms with Crippen LogP contribution >= 0.6 is 0 Å². The van der Waals surface area contributed by atoms with Gasteiger partial charge < -0.3 is 14.2 Å². The van der Waals surface area contributed by atoms with Gasteiger partial charge in [-0.1, -0.05) is 5.16 Å². The van der Waals surface area contributed by atoms with Gasteiger partial charge in [-0.3, -0.25) is 4.79 Å². The van der Waals surface area contributed by atoms with Crippen molar-refractivity contribution in [1.82, 2.24) is 15.0 Å². The summed E-state index contributed by atoms with van der Waals surface area (Å²) in [7, 11) is 1.63. The molecule has 6 nitrogen and oxygen atoms in total. The van der Waals surface area contributed by atoms with Crippen LogP contribution in [0.1, 0.15) is 38.0 Å². The summed E-state index contributed by atoms with van der Waals surface area (Å²) in [6.45, 7) is 1.81. The number of hydrogen-bond acceptors (Lipinski definition) is 5. The van der Waals surface area contributed by atoms with Crippen molar-refractivity contribution in [1.29, 1.82) is 0 Å². The molecule has 128 valence electrons.